The molecule has 0 bridgehead atoms. The van der Waals surface area contributed by atoms with Gasteiger partial charge in [0.25, 0.3) is 23.6 Å². The van der Waals surface area contributed by atoms with Gasteiger partial charge < -0.3 is 4.74 Å². The number of anilines is 1. The minimum absolute atomic E-state index is 0.00519. The highest BCUT2D eigenvalue weighted by atomic mass is 32.1. The molecule has 0 aliphatic carbocycles. The molecular formula is C27H19N3O5S. The Morgan fingerprint density at radius 2 is 1.50 bits per heavy atom. The number of imide groups is 1. The number of thiocarbonyl (C=S) groups is 1. The first-order valence-corrected chi connectivity index (χ1v) is 11.4. The number of amides is 4. The highest BCUT2D eigenvalue weighted by molar-refractivity contribution is 7.80. The molecule has 1 saturated heterocycles. The van der Waals surface area contributed by atoms with Crippen molar-refractivity contribution < 1.29 is 23.9 Å². The van der Waals surface area contributed by atoms with Gasteiger partial charge in [-0.05, 0) is 60.3 Å². The molecule has 2 heterocycles. The molecule has 0 saturated carbocycles. The molecule has 36 heavy (non-hydrogen) atoms. The van der Waals surface area contributed by atoms with Crippen LogP contribution in [0, 0.1) is 0 Å². The quantitative estimate of drug-likeness (QED) is 0.252. The summed E-state index contributed by atoms with van der Waals surface area (Å²) in [4.78, 5) is 54.0. The van der Waals surface area contributed by atoms with Gasteiger partial charge >= 0.3 is 0 Å². The van der Waals surface area contributed by atoms with Gasteiger partial charge in [0, 0.05) is 5.56 Å². The van der Waals surface area contributed by atoms with Gasteiger partial charge in [-0.2, -0.15) is 0 Å². The number of para-hydroxylation sites is 1. The van der Waals surface area contributed by atoms with E-state index in [0.29, 0.717) is 33.7 Å². The molecule has 0 atom stereocenters. The fourth-order valence-electron chi connectivity index (χ4n) is 4.20. The Labute approximate surface area is 211 Å². The Bertz CT molecular complexity index is 1450. The largest absolute Gasteiger partial charge is 0.496 e. The summed E-state index contributed by atoms with van der Waals surface area (Å²) >= 11 is 5.23. The maximum absolute atomic E-state index is 13.2. The average Bonchev–Trinajstić information content (AvgIpc) is 3.12. The van der Waals surface area contributed by atoms with Crippen LogP contribution in [0.25, 0.3) is 6.08 Å². The van der Waals surface area contributed by atoms with E-state index in [1.165, 1.54) is 18.1 Å². The van der Waals surface area contributed by atoms with Crippen LogP contribution < -0.4 is 15.0 Å². The molecule has 3 aromatic rings. The lowest BCUT2D eigenvalue weighted by molar-refractivity contribution is -0.122. The maximum atomic E-state index is 13.2. The lowest BCUT2D eigenvalue weighted by atomic mass is 10.0. The standard InChI is InChI=1S/C27H19N3O5S/c1-35-22-12-11-16(13-17(22)15-29-24(32)19-9-5-6-10-20(19)25(29)33)14-21-23(31)28-27(36)30(26(21)34)18-7-3-2-4-8-18/h2-14H,15H2,1H3,(H,28,31,36)/b21-14-. The van der Waals surface area contributed by atoms with E-state index in [1.54, 1.807) is 66.7 Å². The van der Waals surface area contributed by atoms with Gasteiger partial charge in [0.1, 0.15) is 11.3 Å². The summed E-state index contributed by atoms with van der Waals surface area (Å²) in [5, 5.41) is 2.55. The molecule has 178 valence electrons. The van der Waals surface area contributed by atoms with Crippen LogP contribution in [0.4, 0.5) is 5.69 Å². The molecule has 1 fully saturated rings. The minimum atomic E-state index is -0.616. The van der Waals surface area contributed by atoms with Crippen LogP contribution in [-0.2, 0) is 16.1 Å². The molecule has 3 aromatic carbocycles. The van der Waals surface area contributed by atoms with E-state index in [0.717, 1.165) is 4.90 Å². The van der Waals surface area contributed by atoms with Gasteiger partial charge in [0.2, 0.25) is 0 Å². The summed E-state index contributed by atoms with van der Waals surface area (Å²) in [7, 11) is 1.48. The van der Waals surface area contributed by atoms with Crippen LogP contribution in [0.3, 0.4) is 0 Å². The summed E-state index contributed by atoms with van der Waals surface area (Å²) < 4.78 is 5.44. The van der Waals surface area contributed by atoms with E-state index < -0.39 is 23.6 Å². The smallest absolute Gasteiger partial charge is 0.270 e. The Kier molecular flexibility index (Phi) is 5.91. The van der Waals surface area contributed by atoms with Gasteiger partial charge in [0.05, 0.1) is 30.5 Å². The molecule has 0 spiro atoms. The van der Waals surface area contributed by atoms with Crippen molar-refractivity contribution in [2.75, 3.05) is 12.0 Å². The molecule has 0 unspecified atom stereocenters. The fraction of sp³-hybridized carbons (Fsp3) is 0.0741. The lowest BCUT2D eigenvalue weighted by Crippen LogP contribution is -2.54. The molecule has 4 amide bonds. The van der Waals surface area contributed by atoms with Crippen molar-refractivity contribution >= 4 is 52.7 Å². The third kappa shape index (κ3) is 3.95. The molecule has 8 nitrogen and oxygen atoms in total. The number of benzene rings is 3. The number of hydrogen-bond acceptors (Lipinski definition) is 6. The van der Waals surface area contributed by atoms with E-state index >= 15 is 0 Å². The normalized spacial score (nSPS) is 16.5. The number of nitrogens with one attached hydrogen (secondary N) is 1. The topological polar surface area (TPSA) is 96.0 Å². The van der Waals surface area contributed by atoms with Crippen LogP contribution in [0.15, 0.2) is 78.4 Å². The van der Waals surface area contributed by atoms with E-state index in [9.17, 15) is 19.2 Å². The zero-order chi connectivity index (χ0) is 25.4. The second-order valence-corrected chi connectivity index (χ2v) is 8.49. The number of hydrogen-bond donors (Lipinski definition) is 1. The Hall–Kier alpha value is -4.63. The molecule has 5 rings (SSSR count). The van der Waals surface area contributed by atoms with Crippen LogP contribution in [0.5, 0.6) is 5.75 Å². The summed E-state index contributed by atoms with van der Waals surface area (Å²) in [5.74, 6) is -1.51. The minimum Gasteiger partial charge on any atom is -0.496 e. The molecule has 2 aliphatic heterocycles. The first-order chi connectivity index (χ1) is 17.4. The number of fused-ring (bicyclic) bond motifs is 1. The van der Waals surface area contributed by atoms with Crippen molar-refractivity contribution in [2.45, 2.75) is 6.54 Å². The SMILES string of the molecule is COc1ccc(/C=C2/C(=O)NC(=S)N(c3ccccc3)C2=O)cc1CN1C(=O)c2ccccc2C1=O. The first kappa shape index (κ1) is 23.1. The highest BCUT2D eigenvalue weighted by Crippen LogP contribution is 2.29. The second-order valence-electron chi connectivity index (χ2n) is 8.11. The molecule has 2 aliphatic rings. The predicted molar refractivity (Wildman–Crippen MR) is 136 cm³/mol. The zero-order valence-electron chi connectivity index (χ0n) is 19.1. The van der Waals surface area contributed by atoms with Crippen molar-refractivity contribution in [3.05, 3.63) is 101 Å². The first-order valence-electron chi connectivity index (χ1n) is 11.0. The molecular weight excluding hydrogens is 478 g/mol. The second kappa shape index (κ2) is 9.20. The summed E-state index contributed by atoms with van der Waals surface area (Å²) in [5.41, 5.74) is 2.17. The molecule has 1 N–H and O–H groups in total. The van der Waals surface area contributed by atoms with Gasteiger partial charge in [0.15, 0.2) is 5.11 Å². The van der Waals surface area contributed by atoms with E-state index in [1.807, 2.05) is 6.07 Å². The van der Waals surface area contributed by atoms with E-state index in [2.05, 4.69) is 5.32 Å². The van der Waals surface area contributed by atoms with Gasteiger partial charge in [-0.25, -0.2) is 0 Å². The van der Waals surface area contributed by atoms with Crippen molar-refractivity contribution in [1.82, 2.24) is 10.2 Å². The average molecular weight is 498 g/mol. The number of carbonyl (C=O) groups excluding carboxylic acids is 4. The summed E-state index contributed by atoms with van der Waals surface area (Å²) in [6.45, 7) is -0.0348. The van der Waals surface area contributed by atoms with Gasteiger partial charge in [-0.1, -0.05) is 36.4 Å². The van der Waals surface area contributed by atoms with Crippen molar-refractivity contribution in [2.24, 2.45) is 0 Å². The third-order valence-electron chi connectivity index (χ3n) is 5.94. The van der Waals surface area contributed by atoms with E-state index in [4.69, 9.17) is 17.0 Å². The predicted octanol–water partition coefficient (Wildman–Crippen LogP) is 3.32. The maximum Gasteiger partial charge on any atom is 0.270 e. The number of nitrogens with zero attached hydrogens (tertiary/aromatic N) is 2. The van der Waals surface area contributed by atoms with Crippen LogP contribution in [-0.4, -0.2) is 40.8 Å². The number of methoxy groups -OCH3 is 1. The van der Waals surface area contributed by atoms with Gasteiger partial charge in [-0.3, -0.25) is 34.3 Å². The third-order valence-corrected chi connectivity index (χ3v) is 6.22. The fourth-order valence-corrected chi connectivity index (χ4v) is 4.48. The Morgan fingerprint density at radius 1 is 0.861 bits per heavy atom. The van der Waals surface area contributed by atoms with Crippen LogP contribution in [0.2, 0.25) is 0 Å². The summed E-state index contributed by atoms with van der Waals surface area (Å²) in [6, 6.07) is 20.4. The van der Waals surface area contributed by atoms with Gasteiger partial charge in [-0.15, -0.1) is 0 Å². The van der Waals surface area contributed by atoms with Crippen LogP contribution in [0.1, 0.15) is 31.8 Å². The number of ether oxygens (including phenoxy) is 1. The lowest BCUT2D eigenvalue weighted by Gasteiger charge is -2.28. The molecule has 0 aromatic heterocycles. The number of rotatable bonds is 5. The van der Waals surface area contributed by atoms with Crippen molar-refractivity contribution in [3.8, 4) is 5.75 Å². The molecule has 9 heteroatoms. The zero-order valence-corrected chi connectivity index (χ0v) is 19.9. The Balaban J connectivity index is 1.48. The van der Waals surface area contributed by atoms with Crippen molar-refractivity contribution in [1.29, 1.82) is 0 Å². The van der Waals surface area contributed by atoms with Crippen molar-refractivity contribution in [3.63, 3.8) is 0 Å². The summed E-state index contributed by atoms with van der Waals surface area (Å²) in [6.07, 6.45) is 1.45. The Morgan fingerprint density at radius 3 is 2.14 bits per heavy atom. The van der Waals surface area contributed by atoms with Crippen LogP contribution >= 0.6 is 12.2 Å². The molecule has 0 radical (unpaired) electrons. The van der Waals surface area contributed by atoms with E-state index in [-0.39, 0.29) is 17.2 Å². The monoisotopic (exact) mass is 497 g/mol. The number of carbonyl (C=O) groups is 4. The highest BCUT2D eigenvalue weighted by Gasteiger charge is 2.36.